The first kappa shape index (κ1) is 12.3. The molecule has 0 aliphatic carbocycles. The zero-order chi connectivity index (χ0) is 13.3. The second-order valence-corrected chi connectivity index (χ2v) is 4.52. The first-order valence-electron chi connectivity index (χ1n) is 5.79. The molecule has 1 aromatic carbocycles. The second kappa shape index (κ2) is 4.60. The highest BCUT2D eigenvalue weighted by atomic mass is 16.1. The van der Waals surface area contributed by atoms with Crippen LogP contribution >= 0.6 is 0 Å². The van der Waals surface area contributed by atoms with E-state index in [1.54, 1.807) is 18.2 Å². The van der Waals surface area contributed by atoms with Gasteiger partial charge < -0.3 is 10.3 Å². The van der Waals surface area contributed by atoms with E-state index in [0.29, 0.717) is 22.4 Å². The number of fused-ring (bicyclic) bond motifs is 1. The van der Waals surface area contributed by atoms with Gasteiger partial charge in [0.2, 0.25) is 5.91 Å². The third kappa shape index (κ3) is 2.40. The van der Waals surface area contributed by atoms with Crippen molar-refractivity contribution in [3.63, 3.8) is 0 Å². The van der Waals surface area contributed by atoms with E-state index in [0.717, 1.165) is 0 Å². The smallest absolute Gasteiger partial charge is 0.258 e. The molecule has 0 aliphatic rings. The Bertz CT molecular complexity index is 659. The van der Waals surface area contributed by atoms with E-state index < -0.39 is 0 Å². The Morgan fingerprint density at radius 3 is 2.72 bits per heavy atom. The van der Waals surface area contributed by atoms with Crippen molar-refractivity contribution < 1.29 is 4.79 Å². The van der Waals surface area contributed by atoms with Gasteiger partial charge in [-0.1, -0.05) is 13.8 Å². The first-order chi connectivity index (χ1) is 8.47. The number of aromatic amines is 1. The maximum atomic E-state index is 11.9. The summed E-state index contributed by atoms with van der Waals surface area (Å²) in [5.74, 6) is 0.662. The minimum atomic E-state index is -0.184. The summed E-state index contributed by atoms with van der Waals surface area (Å²) in [5.41, 5.74) is 1.05. The lowest BCUT2D eigenvalue weighted by molar-refractivity contribution is -0.114. The normalized spacial score (nSPS) is 10.9. The summed E-state index contributed by atoms with van der Waals surface area (Å²) in [4.78, 5) is 30.0. The lowest BCUT2D eigenvalue weighted by Crippen LogP contribution is -2.13. The van der Waals surface area contributed by atoms with Crippen LogP contribution in [-0.2, 0) is 4.79 Å². The number of carbonyl (C=O) groups excluding carboxylic acids is 1. The molecule has 0 saturated heterocycles. The zero-order valence-corrected chi connectivity index (χ0v) is 10.6. The quantitative estimate of drug-likeness (QED) is 0.849. The van der Waals surface area contributed by atoms with E-state index in [4.69, 9.17) is 0 Å². The predicted molar refractivity (Wildman–Crippen MR) is 70.8 cm³/mol. The SMILES string of the molecule is CC(=O)Nc1ccc2nc(C(C)C)[nH]c(=O)c2c1. The number of benzene rings is 1. The van der Waals surface area contributed by atoms with Crippen LogP contribution < -0.4 is 10.9 Å². The van der Waals surface area contributed by atoms with E-state index in [9.17, 15) is 9.59 Å². The zero-order valence-electron chi connectivity index (χ0n) is 10.6. The largest absolute Gasteiger partial charge is 0.326 e. The highest BCUT2D eigenvalue weighted by molar-refractivity contribution is 5.91. The van der Waals surface area contributed by atoms with E-state index in [1.807, 2.05) is 13.8 Å². The highest BCUT2D eigenvalue weighted by Crippen LogP contribution is 2.16. The van der Waals surface area contributed by atoms with Gasteiger partial charge in [-0.25, -0.2) is 4.98 Å². The maximum absolute atomic E-state index is 11.9. The summed E-state index contributed by atoms with van der Waals surface area (Å²) in [6, 6.07) is 5.11. The standard InChI is InChI=1S/C13H15N3O2/c1-7(2)12-15-11-5-4-9(14-8(3)17)6-10(11)13(18)16-12/h4-7H,1-3H3,(H,14,17)(H,15,16,18). The third-order valence-corrected chi connectivity index (χ3v) is 2.59. The van der Waals surface area contributed by atoms with E-state index in [2.05, 4.69) is 15.3 Å². The lowest BCUT2D eigenvalue weighted by atomic mass is 10.1. The highest BCUT2D eigenvalue weighted by Gasteiger charge is 2.07. The molecule has 0 saturated carbocycles. The average molecular weight is 245 g/mol. The number of nitrogens with zero attached hydrogens (tertiary/aromatic N) is 1. The molecular formula is C13H15N3O2. The van der Waals surface area contributed by atoms with Crippen LogP contribution in [0.5, 0.6) is 0 Å². The number of hydrogen-bond acceptors (Lipinski definition) is 3. The Morgan fingerprint density at radius 2 is 2.11 bits per heavy atom. The number of amides is 1. The fraction of sp³-hybridized carbons (Fsp3) is 0.308. The van der Waals surface area contributed by atoms with Crippen molar-refractivity contribution in [3.05, 3.63) is 34.4 Å². The van der Waals surface area contributed by atoms with Gasteiger partial charge in [-0.2, -0.15) is 0 Å². The Hall–Kier alpha value is -2.17. The van der Waals surface area contributed by atoms with Gasteiger partial charge in [0.15, 0.2) is 0 Å². The number of aromatic nitrogens is 2. The molecule has 18 heavy (non-hydrogen) atoms. The lowest BCUT2D eigenvalue weighted by Gasteiger charge is -2.07. The van der Waals surface area contributed by atoms with Gasteiger partial charge in [-0.15, -0.1) is 0 Å². The summed E-state index contributed by atoms with van der Waals surface area (Å²) in [7, 11) is 0. The Labute approximate surface area is 104 Å². The monoisotopic (exact) mass is 245 g/mol. The van der Waals surface area contributed by atoms with E-state index in [1.165, 1.54) is 6.92 Å². The van der Waals surface area contributed by atoms with Crippen LogP contribution in [0.4, 0.5) is 5.69 Å². The van der Waals surface area contributed by atoms with Crippen LogP contribution in [0.3, 0.4) is 0 Å². The molecule has 94 valence electrons. The van der Waals surface area contributed by atoms with Gasteiger partial charge in [-0.3, -0.25) is 9.59 Å². The Morgan fingerprint density at radius 1 is 1.39 bits per heavy atom. The van der Waals surface area contributed by atoms with Gasteiger partial charge >= 0.3 is 0 Å². The number of anilines is 1. The maximum Gasteiger partial charge on any atom is 0.258 e. The fourth-order valence-corrected chi connectivity index (χ4v) is 1.71. The molecule has 0 unspecified atom stereocenters. The molecule has 0 aliphatic heterocycles. The third-order valence-electron chi connectivity index (χ3n) is 2.59. The summed E-state index contributed by atoms with van der Waals surface area (Å²) in [6.07, 6.45) is 0. The van der Waals surface area contributed by atoms with Crippen molar-refractivity contribution in [2.75, 3.05) is 5.32 Å². The second-order valence-electron chi connectivity index (χ2n) is 4.52. The number of nitrogens with one attached hydrogen (secondary N) is 2. The van der Waals surface area contributed by atoms with Crippen LogP contribution in [-0.4, -0.2) is 15.9 Å². The van der Waals surface area contributed by atoms with E-state index in [-0.39, 0.29) is 17.4 Å². The summed E-state index contributed by atoms with van der Waals surface area (Å²) in [5, 5.41) is 3.12. The number of hydrogen-bond donors (Lipinski definition) is 2. The molecule has 5 nitrogen and oxygen atoms in total. The van der Waals surface area contributed by atoms with Crippen molar-refractivity contribution in [2.45, 2.75) is 26.7 Å². The number of rotatable bonds is 2. The minimum absolute atomic E-state index is 0.164. The predicted octanol–water partition coefficient (Wildman–Crippen LogP) is 2.00. The van der Waals surface area contributed by atoms with Gasteiger partial charge in [0, 0.05) is 18.5 Å². The van der Waals surface area contributed by atoms with Crippen LogP contribution in [0.2, 0.25) is 0 Å². The molecule has 0 atom stereocenters. The van der Waals surface area contributed by atoms with Crippen molar-refractivity contribution >= 4 is 22.5 Å². The van der Waals surface area contributed by atoms with Crippen LogP contribution in [0.15, 0.2) is 23.0 Å². The van der Waals surface area contributed by atoms with Crippen molar-refractivity contribution in [1.29, 1.82) is 0 Å². The minimum Gasteiger partial charge on any atom is -0.326 e. The summed E-state index contributed by atoms with van der Waals surface area (Å²) in [6.45, 7) is 5.36. The van der Waals surface area contributed by atoms with Crippen LogP contribution in [0.1, 0.15) is 32.5 Å². The molecule has 1 aromatic heterocycles. The number of H-pyrrole nitrogens is 1. The molecule has 0 fully saturated rings. The van der Waals surface area contributed by atoms with Gasteiger partial charge in [0.25, 0.3) is 5.56 Å². The van der Waals surface area contributed by atoms with Gasteiger partial charge in [0.05, 0.1) is 10.9 Å². The number of carbonyl (C=O) groups is 1. The van der Waals surface area contributed by atoms with Crippen molar-refractivity contribution in [2.24, 2.45) is 0 Å². The summed E-state index contributed by atoms with van der Waals surface area (Å²) >= 11 is 0. The van der Waals surface area contributed by atoms with Gasteiger partial charge in [0.1, 0.15) is 5.82 Å². The van der Waals surface area contributed by atoms with Crippen LogP contribution in [0.25, 0.3) is 10.9 Å². The topological polar surface area (TPSA) is 74.8 Å². The van der Waals surface area contributed by atoms with Gasteiger partial charge in [-0.05, 0) is 18.2 Å². The molecule has 1 heterocycles. The Balaban J connectivity index is 2.58. The summed E-state index contributed by atoms with van der Waals surface area (Å²) < 4.78 is 0. The molecular weight excluding hydrogens is 230 g/mol. The molecule has 5 heteroatoms. The van der Waals surface area contributed by atoms with E-state index >= 15 is 0 Å². The molecule has 0 radical (unpaired) electrons. The fourth-order valence-electron chi connectivity index (χ4n) is 1.71. The molecule has 2 aromatic rings. The van der Waals surface area contributed by atoms with Crippen molar-refractivity contribution in [1.82, 2.24) is 9.97 Å². The molecule has 0 spiro atoms. The molecule has 2 rings (SSSR count). The molecule has 1 amide bonds. The molecule has 2 N–H and O–H groups in total. The van der Waals surface area contributed by atoms with Crippen molar-refractivity contribution in [3.8, 4) is 0 Å². The Kier molecular flexibility index (Phi) is 3.14. The first-order valence-corrected chi connectivity index (χ1v) is 5.79. The average Bonchev–Trinajstić information content (AvgIpc) is 2.28. The van der Waals surface area contributed by atoms with Crippen LogP contribution in [0, 0.1) is 0 Å². The molecule has 0 bridgehead atoms.